The van der Waals surface area contributed by atoms with Gasteiger partial charge in [0.2, 0.25) is 0 Å². The molecule has 1 radical (unpaired) electrons. The minimum Gasteiger partial charge on any atom is -0.270 e. The molecule has 0 aliphatic rings. The summed E-state index contributed by atoms with van der Waals surface area (Å²) < 4.78 is 27.3. The van der Waals surface area contributed by atoms with E-state index in [2.05, 4.69) is 6.92 Å². The Balaban J connectivity index is 0. The first-order valence-electron chi connectivity index (χ1n) is 8.99. The fourth-order valence-electron chi connectivity index (χ4n) is 2.54. The molecule has 0 saturated heterocycles. The largest absolute Gasteiger partial charge is 0.270 e. The van der Waals surface area contributed by atoms with Crippen LogP contribution in [-0.4, -0.2) is 50.3 Å². The Morgan fingerprint density at radius 2 is 1.00 bits per heavy atom. The molecule has 22 heavy (non-hydrogen) atoms. The van der Waals surface area contributed by atoms with E-state index in [1.807, 2.05) is 0 Å². The minimum absolute atomic E-state index is 0. The van der Waals surface area contributed by atoms with Gasteiger partial charge in [0.1, 0.15) is 0 Å². The first-order valence-corrected chi connectivity index (χ1v) is 10.6. The van der Waals surface area contributed by atoms with E-state index in [1.165, 1.54) is 64.2 Å². The third-order valence-corrected chi connectivity index (χ3v) is 5.18. The number of unbranched alkanes of at least 4 members (excludes halogenated alkanes) is 12. The standard InChI is InChI=1S/C17H36O3S.Na/c1-3-5-6-7-8-9-10-11-12-13-14-15-16-17-21(18,19)20-4-2;/h3-17H2,1-2H3;. The summed E-state index contributed by atoms with van der Waals surface area (Å²) in [5, 5.41) is 0. The van der Waals surface area contributed by atoms with Gasteiger partial charge in [-0.15, -0.1) is 0 Å². The SMILES string of the molecule is CCCCCCCCCCCCCCCS(=O)(=O)OCC.[Na]. The topological polar surface area (TPSA) is 43.4 Å². The molecule has 0 atom stereocenters. The van der Waals surface area contributed by atoms with Gasteiger partial charge in [0, 0.05) is 29.6 Å². The molecule has 0 aromatic rings. The molecule has 0 N–H and O–H groups in total. The van der Waals surface area contributed by atoms with Crippen LogP contribution in [0.1, 0.15) is 97.3 Å². The van der Waals surface area contributed by atoms with Crippen LogP contribution in [0.2, 0.25) is 0 Å². The van der Waals surface area contributed by atoms with Gasteiger partial charge < -0.3 is 0 Å². The van der Waals surface area contributed by atoms with Crippen LogP contribution >= 0.6 is 0 Å². The van der Waals surface area contributed by atoms with Crippen molar-refractivity contribution >= 4 is 39.7 Å². The van der Waals surface area contributed by atoms with Crippen molar-refractivity contribution < 1.29 is 12.6 Å². The molecule has 0 rings (SSSR count). The molecule has 0 heterocycles. The fourth-order valence-corrected chi connectivity index (χ4v) is 3.57. The maximum absolute atomic E-state index is 11.3. The quantitative estimate of drug-likeness (QED) is 0.223. The molecular weight excluding hydrogens is 307 g/mol. The van der Waals surface area contributed by atoms with Crippen molar-refractivity contribution in [2.24, 2.45) is 0 Å². The summed E-state index contributed by atoms with van der Waals surface area (Å²) in [6, 6.07) is 0. The second kappa shape index (κ2) is 18.3. The van der Waals surface area contributed by atoms with Gasteiger partial charge in [0.05, 0.1) is 12.4 Å². The van der Waals surface area contributed by atoms with E-state index in [0.29, 0.717) is 0 Å². The van der Waals surface area contributed by atoms with Crippen molar-refractivity contribution in [3.63, 3.8) is 0 Å². The number of rotatable bonds is 16. The molecule has 0 bridgehead atoms. The Kier molecular flexibility index (Phi) is 20.9. The van der Waals surface area contributed by atoms with E-state index >= 15 is 0 Å². The van der Waals surface area contributed by atoms with Crippen molar-refractivity contribution in [2.45, 2.75) is 97.3 Å². The number of hydrogen-bond acceptors (Lipinski definition) is 3. The normalized spacial score (nSPS) is 11.4. The van der Waals surface area contributed by atoms with Crippen LogP contribution in [0, 0.1) is 0 Å². The van der Waals surface area contributed by atoms with E-state index in [0.717, 1.165) is 19.3 Å². The molecule has 0 fully saturated rings. The second-order valence-corrected chi connectivity index (χ2v) is 7.67. The molecule has 129 valence electrons. The first kappa shape index (κ1) is 25.2. The molecular formula is C17H36NaO3S. The van der Waals surface area contributed by atoms with E-state index in [-0.39, 0.29) is 41.9 Å². The van der Waals surface area contributed by atoms with E-state index in [4.69, 9.17) is 4.18 Å². The Bertz CT molecular complexity index is 305. The minimum atomic E-state index is -3.25. The van der Waals surface area contributed by atoms with Gasteiger partial charge in [-0.1, -0.05) is 84.0 Å². The van der Waals surface area contributed by atoms with Crippen molar-refractivity contribution in [1.82, 2.24) is 0 Å². The van der Waals surface area contributed by atoms with Crippen LogP contribution in [-0.2, 0) is 14.3 Å². The molecule has 0 aromatic carbocycles. The van der Waals surface area contributed by atoms with Gasteiger partial charge in [-0.05, 0) is 13.3 Å². The van der Waals surface area contributed by atoms with E-state index in [1.54, 1.807) is 6.92 Å². The summed E-state index contributed by atoms with van der Waals surface area (Å²) in [6.07, 6.45) is 16.4. The van der Waals surface area contributed by atoms with Gasteiger partial charge in [-0.2, -0.15) is 8.42 Å². The molecule has 0 spiro atoms. The summed E-state index contributed by atoms with van der Waals surface area (Å²) in [6.45, 7) is 4.22. The van der Waals surface area contributed by atoms with Gasteiger partial charge in [-0.25, -0.2) is 0 Å². The summed E-state index contributed by atoms with van der Waals surface area (Å²) in [5.74, 6) is 0.179. The van der Waals surface area contributed by atoms with Gasteiger partial charge >= 0.3 is 0 Å². The van der Waals surface area contributed by atoms with Gasteiger partial charge in [-0.3, -0.25) is 4.18 Å². The molecule has 5 heteroatoms. The van der Waals surface area contributed by atoms with Gasteiger partial charge in [0.25, 0.3) is 10.1 Å². The van der Waals surface area contributed by atoms with Crippen molar-refractivity contribution in [1.29, 1.82) is 0 Å². The monoisotopic (exact) mass is 343 g/mol. The van der Waals surface area contributed by atoms with Crippen molar-refractivity contribution in [3.05, 3.63) is 0 Å². The number of hydrogen-bond donors (Lipinski definition) is 0. The predicted octanol–water partition coefficient (Wildman–Crippen LogP) is 5.06. The maximum Gasteiger partial charge on any atom is 0.267 e. The zero-order chi connectivity index (χ0) is 15.8. The van der Waals surface area contributed by atoms with Crippen LogP contribution in [0.15, 0.2) is 0 Å². The Hall–Kier alpha value is 0.910. The fraction of sp³-hybridized carbons (Fsp3) is 1.00. The van der Waals surface area contributed by atoms with Crippen LogP contribution in [0.25, 0.3) is 0 Å². The van der Waals surface area contributed by atoms with E-state index < -0.39 is 10.1 Å². The Labute approximate surface area is 161 Å². The Morgan fingerprint density at radius 3 is 1.36 bits per heavy atom. The predicted molar refractivity (Wildman–Crippen MR) is 96.9 cm³/mol. The molecule has 0 aliphatic carbocycles. The summed E-state index contributed by atoms with van der Waals surface area (Å²) >= 11 is 0. The zero-order valence-corrected chi connectivity index (χ0v) is 18.1. The third kappa shape index (κ3) is 19.0. The molecule has 3 nitrogen and oxygen atoms in total. The molecule has 0 unspecified atom stereocenters. The average molecular weight is 344 g/mol. The summed E-state index contributed by atoms with van der Waals surface area (Å²) in [5.41, 5.74) is 0. The zero-order valence-electron chi connectivity index (χ0n) is 15.2. The van der Waals surface area contributed by atoms with Crippen LogP contribution in [0.4, 0.5) is 0 Å². The molecule has 0 amide bonds. The van der Waals surface area contributed by atoms with Crippen LogP contribution in [0.5, 0.6) is 0 Å². The Morgan fingerprint density at radius 1 is 0.636 bits per heavy atom. The van der Waals surface area contributed by atoms with Crippen LogP contribution in [0.3, 0.4) is 0 Å². The van der Waals surface area contributed by atoms with Crippen molar-refractivity contribution in [2.75, 3.05) is 12.4 Å². The maximum atomic E-state index is 11.3. The van der Waals surface area contributed by atoms with Crippen molar-refractivity contribution in [3.8, 4) is 0 Å². The first-order chi connectivity index (χ1) is 10.1. The van der Waals surface area contributed by atoms with Crippen LogP contribution < -0.4 is 0 Å². The second-order valence-electron chi connectivity index (χ2n) is 5.91. The molecule has 0 saturated carbocycles. The molecule has 0 aromatic heterocycles. The average Bonchev–Trinajstić information content (AvgIpc) is 2.44. The molecule has 0 aliphatic heterocycles. The summed E-state index contributed by atoms with van der Waals surface area (Å²) in [4.78, 5) is 0. The van der Waals surface area contributed by atoms with Gasteiger partial charge in [0.15, 0.2) is 0 Å². The third-order valence-electron chi connectivity index (χ3n) is 3.80. The van der Waals surface area contributed by atoms with E-state index in [9.17, 15) is 8.42 Å². The smallest absolute Gasteiger partial charge is 0.267 e. The summed E-state index contributed by atoms with van der Waals surface area (Å²) in [7, 11) is -3.25.